The molecule has 3 rings (SSSR count). The molecule has 0 spiro atoms. The van der Waals surface area contributed by atoms with Crippen molar-refractivity contribution in [2.45, 2.75) is 45.1 Å². The maximum Gasteiger partial charge on any atom is 0.227 e. The van der Waals surface area contributed by atoms with E-state index in [-0.39, 0.29) is 11.8 Å². The number of aryl methyl sites for hydroxylation is 1. The zero-order valence-electron chi connectivity index (χ0n) is 14.1. The minimum atomic E-state index is 0.218. The monoisotopic (exact) mass is 314 g/mol. The Kier molecular flexibility index (Phi) is 4.69. The lowest BCUT2D eigenvalue weighted by Crippen LogP contribution is -2.52. The fraction of sp³-hybridized carbons (Fsp3) is 0.579. The van der Waals surface area contributed by atoms with Crippen LogP contribution >= 0.6 is 0 Å². The van der Waals surface area contributed by atoms with E-state index in [0.717, 1.165) is 37.9 Å². The Hall–Kier alpha value is -1.84. The number of likely N-dealkylation sites (tertiary alicyclic amines) is 2. The summed E-state index contributed by atoms with van der Waals surface area (Å²) in [5.41, 5.74) is 2.29. The van der Waals surface area contributed by atoms with Crippen LogP contribution < -0.4 is 0 Å². The number of rotatable bonds is 2. The molecule has 0 bridgehead atoms. The topological polar surface area (TPSA) is 40.6 Å². The van der Waals surface area contributed by atoms with Crippen LogP contribution in [0, 0.1) is 12.8 Å². The molecule has 2 amide bonds. The standard InChI is InChI=1S/C19H26N2O2/c1-14-6-3-4-7-15(14)12-19(23)21-11-10-17-16(13-21)8-5-9-18(22)20(17)2/h3-4,6-7,16-17H,5,8-13H2,1-2H3/t16-,17+/m0/s1. The van der Waals surface area contributed by atoms with E-state index in [0.29, 0.717) is 24.8 Å². The molecule has 0 N–H and O–H groups in total. The highest BCUT2D eigenvalue weighted by molar-refractivity contribution is 5.79. The molecular formula is C19H26N2O2. The number of amides is 2. The molecule has 4 heteroatoms. The first-order valence-electron chi connectivity index (χ1n) is 8.64. The third kappa shape index (κ3) is 3.41. The van der Waals surface area contributed by atoms with Crippen LogP contribution in [0.25, 0.3) is 0 Å². The van der Waals surface area contributed by atoms with E-state index < -0.39 is 0 Å². The van der Waals surface area contributed by atoms with Gasteiger partial charge in [0.05, 0.1) is 6.42 Å². The van der Waals surface area contributed by atoms with Gasteiger partial charge in [0, 0.05) is 32.6 Å². The number of fused-ring (bicyclic) bond motifs is 1. The van der Waals surface area contributed by atoms with E-state index in [9.17, 15) is 9.59 Å². The highest BCUT2D eigenvalue weighted by Crippen LogP contribution is 2.29. The van der Waals surface area contributed by atoms with Crippen LogP contribution in [0.1, 0.15) is 36.8 Å². The Morgan fingerprint density at radius 3 is 2.83 bits per heavy atom. The molecule has 2 saturated heterocycles. The van der Waals surface area contributed by atoms with Gasteiger partial charge in [-0.1, -0.05) is 24.3 Å². The molecule has 2 aliphatic rings. The summed E-state index contributed by atoms with van der Waals surface area (Å²) in [5.74, 6) is 0.911. The van der Waals surface area contributed by atoms with Gasteiger partial charge in [-0.25, -0.2) is 0 Å². The third-order valence-corrected chi connectivity index (χ3v) is 5.51. The average molecular weight is 314 g/mol. The van der Waals surface area contributed by atoms with Crippen molar-refractivity contribution >= 4 is 11.8 Å². The van der Waals surface area contributed by atoms with Crippen molar-refractivity contribution in [3.05, 3.63) is 35.4 Å². The smallest absolute Gasteiger partial charge is 0.227 e. The molecule has 2 aliphatic heterocycles. The fourth-order valence-electron chi connectivity index (χ4n) is 4.00. The van der Waals surface area contributed by atoms with E-state index in [1.807, 2.05) is 35.0 Å². The van der Waals surface area contributed by atoms with Crippen molar-refractivity contribution in [2.24, 2.45) is 5.92 Å². The fourth-order valence-corrected chi connectivity index (χ4v) is 4.00. The van der Waals surface area contributed by atoms with Crippen LogP contribution in [0.15, 0.2) is 24.3 Å². The third-order valence-electron chi connectivity index (χ3n) is 5.51. The highest BCUT2D eigenvalue weighted by Gasteiger charge is 2.36. The summed E-state index contributed by atoms with van der Waals surface area (Å²) in [7, 11) is 1.93. The lowest BCUT2D eigenvalue weighted by molar-refractivity contribution is -0.136. The van der Waals surface area contributed by atoms with Gasteiger partial charge in [0.1, 0.15) is 0 Å². The first kappa shape index (κ1) is 16.0. The minimum Gasteiger partial charge on any atom is -0.342 e. The van der Waals surface area contributed by atoms with Crippen molar-refractivity contribution in [1.82, 2.24) is 9.80 Å². The molecule has 0 aromatic heterocycles. The number of hydrogen-bond acceptors (Lipinski definition) is 2. The van der Waals surface area contributed by atoms with E-state index >= 15 is 0 Å². The maximum absolute atomic E-state index is 12.7. The molecule has 2 atom stereocenters. The predicted octanol–water partition coefficient (Wildman–Crippen LogP) is 2.40. The van der Waals surface area contributed by atoms with Crippen molar-refractivity contribution in [3.63, 3.8) is 0 Å². The van der Waals surface area contributed by atoms with Gasteiger partial charge in [0.25, 0.3) is 0 Å². The number of benzene rings is 1. The van der Waals surface area contributed by atoms with Gasteiger partial charge in [-0.05, 0) is 43.2 Å². The molecule has 0 aliphatic carbocycles. The van der Waals surface area contributed by atoms with Crippen molar-refractivity contribution in [1.29, 1.82) is 0 Å². The van der Waals surface area contributed by atoms with Crippen molar-refractivity contribution in [3.8, 4) is 0 Å². The highest BCUT2D eigenvalue weighted by atomic mass is 16.2. The van der Waals surface area contributed by atoms with Gasteiger partial charge in [-0.2, -0.15) is 0 Å². The Morgan fingerprint density at radius 1 is 1.26 bits per heavy atom. The molecule has 2 heterocycles. The zero-order valence-corrected chi connectivity index (χ0v) is 14.1. The maximum atomic E-state index is 12.7. The molecular weight excluding hydrogens is 288 g/mol. The molecule has 1 aromatic rings. The van der Waals surface area contributed by atoms with Crippen LogP contribution in [0.2, 0.25) is 0 Å². The van der Waals surface area contributed by atoms with Gasteiger partial charge in [0.15, 0.2) is 0 Å². The summed E-state index contributed by atoms with van der Waals surface area (Å²) in [6.07, 6.45) is 4.05. The molecule has 0 saturated carbocycles. The zero-order chi connectivity index (χ0) is 16.4. The molecule has 124 valence electrons. The number of nitrogens with zero attached hydrogens (tertiary/aromatic N) is 2. The van der Waals surface area contributed by atoms with Gasteiger partial charge < -0.3 is 9.80 Å². The SMILES string of the molecule is Cc1ccccc1CC(=O)N1CC[C@@H]2[C@@H](CCCC(=O)N2C)C1. The second kappa shape index (κ2) is 6.73. The van der Waals surface area contributed by atoms with E-state index in [4.69, 9.17) is 0 Å². The van der Waals surface area contributed by atoms with Crippen molar-refractivity contribution < 1.29 is 9.59 Å². The van der Waals surface area contributed by atoms with E-state index in [1.54, 1.807) is 0 Å². The largest absolute Gasteiger partial charge is 0.342 e. The predicted molar refractivity (Wildman–Crippen MR) is 90.0 cm³/mol. The summed E-state index contributed by atoms with van der Waals surface area (Å²) in [4.78, 5) is 28.6. The molecule has 0 radical (unpaired) electrons. The van der Waals surface area contributed by atoms with Crippen LogP contribution in [-0.2, 0) is 16.0 Å². The summed E-state index contributed by atoms with van der Waals surface area (Å²) >= 11 is 0. The lowest BCUT2D eigenvalue weighted by atomic mass is 9.88. The minimum absolute atomic E-state index is 0.218. The molecule has 4 nitrogen and oxygen atoms in total. The first-order chi connectivity index (χ1) is 11.1. The van der Waals surface area contributed by atoms with Crippen LogP contribution in [0.5, 0.6) is 0 Å². The summed E-state index contributed by atoms with van der Waals surface area (Å²) < 4.78 is 0. The van der Waals surface area contributed by atoms with Gasteiger partial charge in [-0.3, -0.25) is 9.59 Å². The molecule has 23 heavy (non-hydrogen) atoms. The Morgan fingerprint density at radius 2 is 2.04 bits per heavy atom. The second-order valence-electron chi connectivity index (χ2n) is 6.96. The van der Waals surface area contributed by atoms with Crippen molar-refractivity contribution in [2.75, 3.05) is 20.1 Å². The van der Waals surface area contributed by atoms with E-state index in [1.165, 1.54) is 5.56 Å². The van der Waals surface area contributed by atoms with Crippen LogP contribution in [0.4, 0.5) is 0 Å². The van der Waals surface area contributed by atoms with Gasteiger partial charge in [0.2, 0.25) is 11.8 Å². The number of hydrogen-bond donors (Lipinski definition) is 0. The van der Waals surface area contributed by atoms with Crippen LogP contribution in [0.3, 0.4) is 0 Å². The Labute approximate surface area is 138 Å². The molecule has 2 fully saturated rings. The summed E-state index contributed by atoms with van der Waals surface area (Å²) in [5, 5.41) is 0. The van der Waals surface area contributed by atoms with Crippen LogP contribution in [-0.4, -0.2) is 47.8 Å². The molecule has 1 aromatic carbocycles. The quantitative estimate of drug-likeness (QED) is 0.841. The summed E-state index contributed by atoms with van der Waals surface area (Å²) in [6.45, 7) is 3.62. The molecule has 0 unspecified atom stereocenters. The Balaban J connectivity index is 1.66. The Bertz CT molecular complexity index is 599. The first-order valence-corrected chi connectivity index (χ1v) is 8.64. The number of carbonyl (C=O) groups excluding carboxylic acids is 2. The average Bonchev–Trinajstić information content (AvgIpc) is 2.69. The summed E-state index contributed by atoms with van der Waals surface area (Å²) in [6, 6.07) is 8.41. The number of piperidine rings is 1. The normalized spacial score (nSPS) is 25.0. The van der Waals surface area contributed by atoms with E-state index in [2.05, 4.69) is 13.0 Å². The lowest BCUT2D eigenvalue weighted by Gasteiger charge is -2.41. The second-order valence-corrected chi connectivity index (χ2v) is 6.96. The van der Waals surface area contributed by atoms with Gasteiger partial charge >= 0.3 is 0 Å². The number of carbonyl (C=O) groups is 2. The van der Waals surface area contributed by atoms with Gasteiger partial charge in [-0.15, -0.1) is 0 Å².